The first-order valence-electron chi connectivity index (χ1n) is 12.2. The number of benzene rings is 1. The quantitative estimate of drug-likeness (QED) is 0.103. The molecule has 1 aromatic rings. The summed E-state index contributed by atoms with van der Waals surface area (Å²) in [5.41, 5.74) is 0.571. The summed E-state index contributed by atoms with van der Waals surface area (Å²) >= 11 is 0. The molecular formula is C26H44ClNO3. The smallest absolute Gasteiger partial charge is 0.311 e. The van der Waals surface area contributed by atoms with Gasteiger partial charge in [0, 0.05) is 12.0 Å². The third-order valence-electron chi connectivity index (χ3n) is 5.41. The zero-order chi connectivity index (χ0) is 21.9. The molecule has 1 aromatic carbocycles. The lowest BCUT2D eigenvalue weighted by Crippen LogP contribution is -2.22. The minimum absolute atomic E-state index is 0. The number of nitrogens with one attached hydrogen (secondary N) is 1. The van der Waals surface area contributed by atoms with Gasteiger partial charge in [0.2, 0.25) is 0 Å². The van der Waals surface area contributed by atoms with E-state index in [4.69, 9.17) is 4.74 Å². The standard InChI is InChI=1S/C26H43NO3.ClH/c1-3-5-6-7-8-9-10-11-12-13-14-15-16-20-26(29)30-24-19-17-18-23(21-24)25(28)22-27-4-2;/h17-19,21,27H,3-16,20,22H2,1-2H3;1H. The van der Waals surface area contributed by atoms with Crippen LogP contribution in [0, 0.1) is 0 Å². The Labute approximate surface area is 196 Å². The van der Waals surface area contributed by atoms with Crippen molar-refractivity contribution in [3.05, 3.63) is 29.8 Å². The number of carbonyl (C=O) groups is 2. The molecule has 1 rings (SSSR count). The molecule has 4 nitrogen and oxygen atoms in total. The van der Waals surface area contributed by atoms with Crippen LogP contribution in [0.4, 0.5) is 0 Å². The predicted octanol–water partition coefficient (Wildman–Crippen LogP) is 7.29. The zero-order valence-electron chi connectivity index (χ0n) is 19.8. The van der Waals surface area contributed by atoms with Gasteiger partial charge in [-0.1, -0.05) is 103 Å². The maximum absolute atomic E-state index is 12.0. The molecule has 31 heavy (non-hydrogen) atoms. The first-order chi connectivity index (χ1) is 14.7. The number of carbonyl (C=O) groups excluding carboxylic acids is 2. The van der Waals surface area contributed by atoms with E-state index in [2.05, 4.69) is 12.2 Å². The van der Waals surface area contributed by atoms with Gasteiger partial charge in [-0.05, 0) is 25.1 Å². The fourth-order valence-corrected chi connectivity index (χ4v) is 3.54. The van der Waals surface area contributed by atoms with Crippen LogP contribution < -0.4 is 10.1 Å². The van der Waals surface area contributed by atoms with E-state index in [1.165, 1.54) is 70.6 Å². The van der Waals surface area contributed by atoms with E-state index < -0.39 is 0 Å². The number of esters is 1. The number of rotatable bonds is 19. The molecular weight excluding hydrogens is 410 g/mol. The van der Waals surface area contributed by atoms with Crippen molar-refractivity contribution in [1.82, 2.24) is 5.32 Å². The van der Waals surface area contributed by atoms with Gasteiger partial charge < -0.3 is 10.1 Å². The largest absolute Gasteiger partial charge is 0.427 e. The second-order valence-electron chi connectivity index (χ2n) is 8.20. The summed E-state index contributed by atoms with van der Waals surface area (Å²) in [6, 6.07) is 6.89. The van der Waals surface area contributed by atoms with Crippen LogP contribution in [0.3, 0.4) is 0 Å². The maximum Gasteiger partial charge on any atom is 0.311 e. The van der Waals surface area contributed by atoms with E-state index in [9.17, 15) is 9.59 Å². The molecule has 1 N–H and O–H groups in total. The summed E-state index contributed by atoms with van der Waals surface area (Å²) in [6.45, 7) is 5.27. The number of ether oxygens (including phenoxy) is 1. The van der Waals surface area contributed by atoms with Gasteiger partial charge in [-0.2, -0.15) is 0 Å². The van der Waals surface area contributed by atoms with E-state index in [0.29, 0.717) is 24.3 Å². The topological polar surface area (TPSA) is 55.4 Å². The van der Waals surface area contributed by atoms with Crippen LogP contribution in [0.2, 0.25) is 0 Å². The normalized spacial score (nSPS) is 10.5. The monoisotopic (exact) mass is 453 g/mol. The fraction of sp³-hybridized carbons (Fsp3) is 0.692. The molecule has 0 aromatic heterocycles. The van der Waals surface area contributed by atoms with Gasteiger partial charge in [0.25, 0.3) is 0 Å². The second-order valence-corrected chi connectivity index (χ2v) is 8.20. The average molecular weight is 454 g/mol. The summed E-state index contributed by atoms with van der Waals surface area (Å²) in [4.78, 5) is 24.1. The van der Waals surface area contributed by atoms with Crippen molar-refractivity contribution in [2.75, 3.05) is 13.1 Å². The number of likely N-dealkylation sites (N-methyl/N-ethyl adjacent to an activating group) is 1. The Morgan fingerprint density at radius 3 is 1.90 bits per heavy atom. The maximum atomic E-state index is 12.0. The number of unbranched alkanes of at least 4 members (excludes halogenated alkanes) is 12. The van der Waals surface area contributed by atoms with Gasteiger partial charge >= 0.3 is 5.97 Å². The van der Waals surface area contributed by atoms with E-state index in [1.54, 1.807) is 24.3 Å². The molecule has 0 heterocycles. The Balaban J connectivity index is 0.00000900. The Bertz CT molecular complexity index is 592. The van der Waals surface area contributed by atoms with E-state index >= 15 is 0 Å². The molecule has 5 heteroatoms. The molecule has 0 amide bonds. The minimum Gasteiger partial charge on any atom is -0.427 e. The number of Topliss-reactive ketones (excluding diaryl/α,β-unsaturated/α-hetero) is 1. The van der Waals surface area contributed by atoms with Crippen LogP contribution in [0.25, 0.3) is 0 Å². The van der Waals surface area contributed by atoms with Gasteiger partial charge in [0.1, 0.15) is 5.75 Å². The Morgan fingerprint density at radius 2 is 1.35 bits per heavy atom. The van der Waals surface area contributed by atoms with Crippen molar-refractivity contribution in [1.29, 1.82) is 0 Å². The molecule has 0 aliphatic carbocycles. The summed E-state index contributed by atoms with van der Waals surface area (Å²) in [5.74, 6) is 0.248. The molecule has 0 saturated heterocycles. The van der Waals surface area contributed by atoms with Crippen molar-refractivity contribution in [2.24, 2.45) is 0 Å². The van der Waals surface area contributed by atoms with Crippen molar-refractivity contribution in [3.8, 4) is 5.75 Å². The van der Waals surface area contributed by atoms with E-state index in [0.717, 1.165) is 19.4 Å². The molecule has 0 unspecified atom stereocenters. The second kappa shape index (κ2) is 20.5. The third-order valence-corrected chi connectivity index (χ3v) is 5.41. The van der Waals surface area contributed by atoms with E-state index in [-0.39, 0.29) is 24.2 Å². The zero-order valence-corrected chi connectivity index (χ0v) is 20.6. The Morgan fingerprint density at radius 1 is 0.806 bits per heavy atom. The molecule has 0 spiro atoms. The van der Waals surface area contributed by atoms with Gasteiger partial charge in [0.05, 0.1) is 6.54 Å². The average Bonchev–Trinajstić information content (AvgIpc) is 2.75. The van der Waals surface area contributed by atoms with Crippen LogP contribution in [-0.2, 0) is 4.79 Å². The van der Waals surface area contributed by atoms with E-state index in [1.807, 2.05) is 6.92 Å². The molecule has 0 aliphatic rings. The number of ketones is 1. The van der Waals surface area contributed by atoms with Crippen LogP contribution in [-0.4, -0.2) is 24.8 Å². The van der Waals surface area contributed by atoms with Crippen molar-refractivity contribution >= 4 is 24.2 Å². The van der Waals surface area contributed by atoms with Gasteiger partial charge in [-0.25, -0.2) is 0 Å². The highest BCUT2D eigenvalue weighted by atomic mass is 35.5. The lowest BCUT2D eigenvalue weighted by molar-refractivity contribution is -0.134. The molecule has 178 valence electrons. The number of hydrogen-bond acceptors (Lipinski definition) is 4. The van der Waals surface area contributed by atoms with Crippen LogP contribution >= 0.6 is 12.4 Å². The van der Waals surface area contributed by atoms with Crippen LogP contribution in [0.1, 0.15) is 114 Å². The summed E-state index contributed by atoms with van der Waals surface area (Å²) in [6.07, 6.45) is 17.2. The number of hydrogen-bond donors (Lipinski definition) is 1. The summed E-state index contributed by atoms with van der Waals surface area (Å²) in [7, 11) is 0. The molecule has 0 radical (unpaired) electrons. The highest BCUT2D eigenvalue weighted by Crippen LogP contribution is 2.16. The van der Waals surface area contributed by atoms with Crippen LogP contribution in [0.15, 0.2) is 24.3 Å². The highest BCUT2D eigenvalue weighted by molar-refractivity contribution is 5.98. The fourth-order valence-electron chi connectivity index (χ4n) is 3.54. The van der Waals surface area contributed by atoms with Crippen molar-refractivity contribution in [3.63, 3.8) is 0 Å². The van der Waals surface area contributed by atoms with Crippen LogP contribution in [0.5, 0.6) is 5.75 Å². The SMILES string of the molecule is CCCCCCCCCCCCCCCC(=O)Oc1cccc(C(=O)CNCC)c1.Cl. The summed E-state index contributed by atoms with van der Waals surface area (Å²) in [5, 5.41) is 3.02. The summed E-state index contributed by atoms with van der Waals surface area (Å²) < 4.78 is 5.41. The molecule has 0 bridgehead atoms. The molecule has 0 atom stereocenters. The Kier molecular flexibility index (Phi) is 19.6. The Hall–Kier alpha value is -1.39. The van der Waals surface area contributed by atoms with Gasteiger partial charge in [-0.3, -0.25) is 9.59 Å². The van der Waals surface area contributed by atoms with Gasteiger partial charge in [0.15, 0.2) is 5.78 Å². The first kappa shape index (κ1) is 29.6. The lowest BCUT2D eigenvalue weighted by atomic mass is 10.0. The number of halogens is 1. The molecule has 0 aliphatic heterocycles. The van der Waals surface area contributed by atoms with Gasteiger partial charge in [-0.15, -0.1) is 12.4 Å². The first-order valence-corrected chi connectivity index (χ1v) is 12.2. The lowest BCUT2D eigenvalue weighted by Gasteiger charge is -2.07. The predicted molar refractivity (Wildman–Crippen MR) is 133 cm³/mol. The molecule has 0 saturated carbocycles. The highest BCUT2D eigenvalue weighted by Gasteiger charge is 2.09. The minimum atomic E-state index is -0.214. The van der Waals surface area contributed by atoms with Crippen molar-refractivity contribution < 1.29 is 14.3 Å². The van der Waals surface area contributed by atoms with Crippen molar-refractivity contribution in [2.45, 2.75) is 104 Å². The molecule has 0 fully saturated rings. The third kappa shape index (κ3) is 16.0.